The van der Waals surface area contributed by atoms with Crippen molar-refractivity contribution in [1.29, 1.82) is 0 Å². The Morgan fingerprint density at radius 1 is 1.19 bits per heavy atom. The van der Waals surface area contributed by atoms with Gasteiger partial charge >= 0.3 is 5.97 Å². The molecular weight excluding hydrogens is 437 g/mol. The van der Waals surface area contributed by atoms with Gasteiger partial charge in [-0.3, -0.25) is 4.79 Å². The molecule has 0 fully saturated rings. The summed E-state index contributed by atoms with van der Waals surface area (Å²) < 4.78 is 27.0. The standard InChI is InChI=1S/C23H25ClFN3O4/c1-13-10-19(16(4)27(13)14(2)11-31-5)20(29)12-32-23(30)21-15(3)26-28(22(21)24)18-8-6-17(25)7-9-18/h6-10,14H,11-12H2,1-5H3. The van der Waals surface area contributed by atoms with E-state index in [4.69, 9.17) is 21.1 Å². The first-order chi connectivity index (χ1) is 15.1. The van der Waals surface area contributed by atoms with Gasteiger partial charge in [0.05, 0.1) is 24.0 Å². The first-order valence-electron chi connectivity index (χ1n) is 10.0. The molecule has 0 spiro atoms. The van der Waals surface area contributed by atoms with E-state index in [-0.39, 0.29) is 22.5 Å². The van der Waals surface area contributed by atoms with Crippen LogP contribution in [0.1, 0.15) is 50.8 Å². The number of carbonyl (C=O) groups is 2. The van der Waals surface area contributed by atoms with E-state index in [2.05, 4.69) is 5.10 Å². The number of benzene rings is 1. The normalized spacial score (nSPS) is 12.1. The lowest BCUT2D eigenvalue weighted by molar-refractivity contribution is 0.0474. The first-order valence-corrected chi connectivity index (χ1v) is 10.4. The van der Waals surface area contributed by atoms with E-state index < -0.39 is 18.4 Å². The van der Waals surface area contributed by atoms with Crippen LogP contribution in [0.15, 0.2) is 30.3 Å². The number of nitrogens with zero attached hydrogens (tertiary/aromatic N) is 3. The molecule has 9 heteroatoms. The Bertz CT molecular complexity index is 1150. The number of esters is 1. The van der Waals surface area contributed by atoms with Crippen LogP contribution in [0.5, 0.6) is 0 Å². The monoisotopic (exact) mass is 461 g/mol. The molecule has 0 saturated carbocycles. The van der Waals surface area contributed by atoms with Gasteiger partial charge in [-0.1, -0.05) is 11.6 Å². The minimum Gasteiger partial charge on any atom is -0.454 e. The van der Waals surface area contributed by atoms with Gasteiger partial charge in [-0.2, -0.15) is 5.10 Å². The smallest absolute Gasteiger partial charge is 0.343 e. The summed E-state index contributed by atoms with van der Waals surface area (Å²) in [6.07, 6.45) is 0. The lowest BCUT2D eigenvalue weighted by Crippen LogP contribution is -2.17. The Balaban J connectivity index is 1.76. The van der Waals surface area contributed by atoms with Gasteiger partial charge in [0.15, 0.2) is 6.61 Å². The van der Waals surface area contributed by atoms with E-state index in [9.17, 15) is 14.0 Å². The Hall–Kier alpha value is -2.97. The van der Waals surface area contributed by atoms with Crippen molar-refractivity contribution in [3.63, 3.8) is 0 Å². The molecule has 1 aromatic carbocycles. The van der Waals surface area contributed by atoms with E-state index in [1.165, 1.54) is 28.9 Å². The van der Waals surface area contributed by atoms with Gasteiger partial charge in [-0.05, 0) is 58.0 Å². The average molecular weight is 462 g/mol. The molecule has 32 heavy (non-hydrogen) atoms. The number of methoxy groups -OCH3 is 1. The van der Waals surface area contributed by atoms with E-state index >= 15 is 0 Å². The summed E-state index contributed by atoms with van der Waals surface area (Å²) in [7, 11) is 1.63. The fourth-order valence-electron chi connectivity index (χ4n) is 3.82. The van der Waals surface area contributed by atoms with Crippen LogP contribution in [0.25, 0.3) is 5.69 Å². The lowest BCUT2D eigenvalue weighted by Gasteiger charge is -2.17. The molecule has 7 nitrogen and oxygen atoms in total. The summed E-state index contributed by atoms with van der Waals surface area (Å²) in [5.41, 5.74) is 3.08. The maximum Gasteiger partial charge on any atom is 0.343 e. The van der Waals surface area contributed by atoms with Crippen molar-refractivity contribution in [3.05, 3.63) is 69.5 Å². The van der Waals surface area contributed by atoms with Crippen molar-refractivity contribution in [3.8, 4) is 5.69 Å². The SMILES string of the molecule is COCC(C)n1c(C)cc(C(=O)COC(=O)c2c(C)nn(-c3ccc(F)cc3)c2Cl)c1C. The van der Waals surface area contributed by atoms with Crippen LogP contribution in [0, 0.1) is 26.6 Å². The second-order valence-electron chi connectivity index (χ2n) is 7.60. The van der Waals surface area contributed by atoms with Crippen LogP contribution in [0.2, 0.25) is 5.15 Å². The molecule has 0 aliphatic heterocycles. The van der Waals surface area contributed by atoms with Gasteiger partial charge in [0.1, 0.15) is 16.5 Å². The van der Waals surface area contributed by atoms with Crippen LogP contribution < -0.4 is 0 Å². The molecule has 1 unspecified atom stereocenters. The van der Waals surface area contributed by atoms with Crippen LogP contribution >= 0.6 is 11.6 Å². The molecule has 0 amide bonds. The van der Waals surface area contributed by atoms with Gasteiger partial charge in [0, 0.05) is 24.1 Å². The summed E-state index contributed by atoms with van der Waals surface area (Å²) in [6.45, 7) is 7.45. The van der Waals surface area contributed by atoms with Gasteiger partial charge in [-0.25, -0.2) is 13.9 Å². The largest absolute Gasteiger partial charge is 0.454 e. The van der Waals surface area contributed by atoms with Gasteiger partial charge in [0.25, 0.3) is 0 Å². The predicted octanol–water partition coefficient (Wildman–Crippen LogP) is 4.64. The van der Waals surface area contributed by atoms with E-state index in [0.717, 1.165) is 11.4 Å². The number of aryl methyl sites for hydroxylation is 2. The van der Waals surface area contributed by atoms with E-state index in [1.54, 1.807) is 20.1 Å². The number of carbonyl (C=O) groups excluding carboxylic acids is 2. The zero-order valence-corrected chi connectivity index (χ0v) is 19.4. The minimum absolute atomic E-state index is 0.0260. The van der Waals surface area contributed by atoms with Crippen LogP contribution in [-0.4, -0.2) is 46.4 Å². The number of Topliss-reactive ketones (excluding diaryl/α,β-unsaturated/α-hetero) is 1. The summed E-state index contributed by atoms with van der Waals surface area (Å²) in [5.74, 6) is -1.47. The maximum absolute atomic E-state index is 13.2. The fourth-order valence-corrected chi connectivity index (χ4v) is 4.17. The molecule has 0 N–H and O–H groups in total. The van der Waals surface area contributed by atoms with Crippen molar-refractivity contribution in [1.82, 2.24) is 14.3 Å². The highest BCUT2D eigenvalue weighted by Crippen LogP contribution is 2.25. The fraction of sp³-hybridized carbons (Fsp3) is 0.348. The number of hydrogen-bond acceptors (Lipinski definition) is 5. The van der Waals surface area contributed by atoms with Crippen LogP contribution in [0.4, 0.5) is 4.39 Å². The molecule has 0 saturated heterocycles. The maximum atomic E-state index is 13.2. The number of aromatic nitrogens is 3. The molecular formula is C23H25ClFN3O4. The molecule has 0 bridgehead atoms. The highest BCUT2D eigenvalue weighted by Gasteiger charge is 2.25. The third kappa shape index (κ3) is 4.61. The molecule has 0 aliphatic carbocycles. The molecule has 1 atom stereocenters. The van der Waals surface area contributed by atoms with Gasteiger partial charge in [-0.15, -0.1) is 0 Å². The molecule has 170 valence electrons. The predicted molar refractivity (Wildman–Crippen MR) is 118 cm³/mol. The molecule has 2 heterocycles. The average Bonchev–Trinajstić information content (AvgIpc) is 3.21. The molecule has 0 radical (unpaired) electrons. The third-order valence-corrected chi connectivity index (χ3v) is 5.60. The Kier molecular flexibility index (Phi) is 7.16. The van der Waals surface area contributed by atoms with Crippen molar-refractivity contribution < 1.29 is 23.5 Å². The molecule has 3 rings (SSSR count). The first kappa shape index (κ1) is 23.7. The number of ketones is 1. The van der Waals surface area contributed by atoms with Crippen molar-refractivity contribution >= 4 is 23.4 Å². The second-order valence-corrected chi connectivity index (χ2v) is 7.96. The van der Waals surface area contributed by atoms with Gasteiger partial charge in [0.2, 0.25) is 5.78 Å². The summed E-state index contributed by atoms with van der Waals surface area (Å²) >= 11 is 6.35. The van der Waals surface area contributed by atoms with Gasteiger partial charge < -0.3 is 14.0 Å². The number of halogens is 2. The quantitative estimate of drug-likeness (QED) is 0.361. The molecule has 0 aliphatic rings. The van der Waals surface area contributed by atoms with E-state index in [1.807, 2.05) is 25.3 Å². The zero-order valence-electron chi connectivity index (χ0n) is 18.6. The van der Waals surface area contributed by atoms with Crippen LogP contribution in [-0.2, 0) is 9.47 Å². The van der Waals surface area contributed by atoms with Crippen molar-refractivity contribution in [2.75, 3.05) is 20.3 Å². The summed E-state index contributed by atoms with van der Waals surface area (Å²) in [4.78, 5) is 25.4. The molecule has 3 aromatic rings. The highest BCUT2D eigenvalue weighted by molar-refractivity contribution is 6.33. The Morgan fingerprint density at radius 2 is 1.84 bits per heavy atom. The Labute approximate surface area is 190 Å². The second kappa shape index (κ2) is 9.67. The lowest BCUT2D eigenvalue weighted by atomic mass is 10.1. The third-order valence-electron chi connectivity index (χ3n) is 5.25. The van der Waals surface area contributed by atoms with Crippen molar-refractivity contribution in [2.45, 2.75) is 33.7 Å². The topological polar surface area (TPSA) is 75.3 Å². The van der Waals surface area contributed by atoms with Crippen LogP contribution in [0.3, 0.4) is 0 Å². The minimum atomic E-state index is -0.754. The Morgan fingerprint density at radius 3 is 2.47 bits per heavy atom. The number of ether oxygens (including phenoxy) is 2. The molecule has 2 aromatic heterocycles. The summed E-state index contributed by atoms with van der Waals surface area (Å²) in [6, 6.07) is 7.36. The highest BCUT2D eigenvalue weighted by atomic mass is 35.5. The van der Waals surface area contributed by atoms with Crippen molar-refractivity contribution in [2.24, 2.45) is 0 Å². The number of hydrogen-bond donors (Lipinski definition) is 0. The number of rotatable bonds is 8. The van der Waals surface area contributed by atoms with E-state index in [0.29, 0.717) is 23.6 Å². The summed E-state index contributed by atoms with van der Waals surface area (Å²) in [5, 5.41) is 4.27. The zero-order chi connectivity index (χ0) is 23.6.